The summed E-state index contributed by atoms with van der Waals surface area (Å²) >= 11 is 6.50. The normalized spacial score (nSPS) is 14.8. The minimum Gasteiger partial charge on any atom is -0.508 e. The molecule has 192 valence electrons. The van der Waals surface area contributed by atoms with Crippen LogP contribution in [0.4, 0.5) is 10.5 Å². The highest BCUT2D eigenvalue weighted by Gasteiger charge is 2.36. The Kier molecular flexibility index (Phi) is 9.76. The molecule has 1 aliphatic rings. The Bertz CT molecular complexity index is 1130. The first kappa shape index (κ1) is 27.1. The van der Waals surface area contributed by atoms with E-state index in [2.05, 4.69) is 12.2 Å². The molecule has 0 bridgehead atoms. The van der Waals surface area contributed by atoms with Crippen LogP contribution in [0.2, 0.25) is 5.02 Å². The first-order chi connectivity index (χ1) is 17.3. The highest BCUT2D eigenvalue weighted by molar-refractivity contribution is 6.39. The summed E-state index contributed by atoms with van der Waals surface area (Å²) in [6.07, 6.45) is 8.13. The van der Waals surface area contributed by atoms with Crippen molar-refractivity contribution >= 4 is 41.2 Å². The minimum absolute atomic E-state index is 0.0210. The first-order valence-electron chi connectivity index (χ1n) is 12.1. The number of rotatable bonds is 12. The molecule has 1 saturated heterocycles. The van der Waals surface area contributed by atoms with Crippen molar-refractivity contribution in [3.05, 3.63) is 52.6 Å². The van der Waals surface area contributed by atoms with Gasteiger partial charge >= 0.3 is 6.03 Å². The van der Waals surface area contributed by atoms with Gasteiger partial charge in [-0.3, -0.25) is 14.9 Å². The zero-order chi connectivity index (χ0) is 26.1. The van der Waals surface area contributed by atoms with Gasteiger partial charge in [-0.25, -0.2) is 9.69 Å². The average molecular weight is 515 g/mol. The fourth-order valence-corrected chi connectivity index (χ4v) is 4.06. The number of urea groups is 1. The first-order valence-corrected chi connectivity index (χ1v) is 12.5. The molecule has 0 saturated carbocycles. The molecule has 2 aromatic rings. The Balaban J connectivity index is 1.81. The molecular formula is C27H31ClN2O6. The number of imide groups is 2. The maximum absolute atomic E-state index is 13.1. The van der Waals surface area contributed by atoms with Crippen molar-refractivity contribution in [2.24, 2.45) is 0 Å². The zero-order valence-electron chi connectivity index (χ0n) is 20.5. The summed E-state index contributed by atoms with van der Waals surface area (Å²) in [6.45, 7) is 4.88. The highest BCUT2D eigenvalue weighted by Crippen LogP contribution is 2.38. The largest absolute Gasteiger partial charge is 0.508 e. The van der Waals surface area contributed by atoms with Crippen molar-refractivity contribution in [1.82, 2.24) is 5.32 Å². The van der Waals surface area contributed by atoms with Crippen LogP contribution in [-0.2, 0) is 9.59 Å². The predicted octanol–water partition coefficient (Wildman–Crippen LogP) is 5.85. The summed E-state index contributed by atoms with van der Waals surface area (Å²) in [5.41, 5.74) is 0.399. The summed E-state index contributed by atoms with van der Waals surface area (Å²) in [5.74, 6) is -0.829. The molecule has 9 heteroatoms. The number of ether oxygens (including phenoxy) is 2. The summed E-state index contributed by atoms with van der Waals surface area (Å²) in [7, 11) is 0. The van der Waals surface area contributed by atoms with Crippen LogP contribution in [0.5, 0.6) is 17.2 Å². The second kappa shape index (κ2) is 13.0. The lowest BCUT2D eigenvalue weighted by Gasteiger charge is -2.26. The van der Waals surface area contributed by atoms with E-state index in [1.807, 2.05) is 6.92 Å². The number of benzene rings is 2. The van der Waals surface area contributed by atoms with Crippen LogP contribution in [0, 0.1) is 0 Å². The molecule has 36 heavy (non-hydrogen) atoms. The second-order valence-electron chi connectivity index (χ2n) is 8.35. The molecule has 3 rings (SSSR count). The molecule has 0 unspecified atom stereocenters. The quantitative estimate of drug-likeness (QED) is 0.209. The monoisotopic (exact) mass is 514 g/mol. The number of aromatic hydroxyl groups is 1. The number of nitrogens with zero attached hydrogens (tertiary/aromatic N) is 1. The Morgan fingerprint density at radius 3 is 2.36 bits per heavy atom. The van der Waals surface area contributed by atoms with Crippen LogP contribution < -0.4 is 19.7 Å². The maximum atomic E-state index is 13.1. The van der Waals surface area contributed by atoms with Crippen molar-refractivity contribution in [2.45, 2.75) is 52.4 Å². The molecule has 0 radical (unpaired) electrons. The molecule has 1 fully saturated rings. The van der Waals surface area contributed by atoms with Gasteiger partial charge < -0.3 is 14.6 Å². The van der Waals surface area contributed by atoms with Gasteiger partial charge in [-0.1, -0.05) is 50.6 Å². The van der Waals surface area contributed by atoms with E-state index in [1.54, 1.807) is 12.1 Å². The lowest BCUT2D eigenvalue weighted by molar-refractivity contribution is -0.122. The van der Waals surface area contributed by atoms with Crippen LogP contribution in [-0.4, -0.2) is 36.2 Å². The number of nitrogens with one attached hydrogen (secondary N) is 1. The van der Waals surface area contributed by atoms with Crippen LogP contribution in [0.1, 0.15) is 57.9 Å². The van der Waals surface area contributed by atoms with E-state index in [9.17, 15) is 19.5 Å². The van der Waals surface area contributed by atoms with Crippen molar-refractivity contribution < 1.29 is 29.0 Å². The zero-order valence-corrected chi connectivity index (χ0v) is 21.3. The molecule has 8 nitrogen and oxygen atoms in total. The van der Waals surface area contributed by atoms with E-state index in [-0.39, 0.29) is 22.0 Å². The second-order valence-corrected chi connectivity index (χ2v) is 8.76. The molecule has 0 aliphatic carbocycles. The number of barbiturate groups is 1. The fraction of sp³-hybridized carbons (Fsp3) is 0.370. The van der Waals surface area contributed by atoms with Crippen molar-refractivity contribution in [1.29, 1.82) is 0 Å². The number of hydrogen-bond donors (Lipinski definition) is 2. The van der Waals surface area contributed by atoms with Crippen LogP contribution in [0.15, 0.2) is 42.0 Å². The fourth-order valence-electron chi connectivity index (χ4n) is 3.79. The predicted molar refractivity (Wildman–Crippen MR) is 139 cm³/mol. The lowest BCUT2D eigenvalue weighted by atomic mass is 10.1. The molecule has 2 aromatic carbocycles. The van der Waals surface area contributed by atoms with E-state index in [4.69, 9.17) is 21.1 Å². The standard InChI is InChI=1S/C27H31ClN2O6/c1-3-5-6-7-8-9-14-36-24-22(28)16-18(17-23(24)35-4-2)15-21-25(32)29-27(34)30(26(21)33)19-10-12-20(31)13-11-19/h10-13,15-17,31H,3-9,14H2,1-2H3,(H,29,32,34)/b21-15-. The van der Waals surface area contributed by atoms with Gasteiger partial charge in [0, 0.05) is 0 Å². The van der Waals surface area contributed by atoms with E-state index in [1.165, 1.54) is 49.6 Å². The third kappa shape index (κ3) is 6.79. The number of carbonyl (C=O) groups excluding carboxylic acids is 3. The summed E-state index contributed by atoms with van der Waals surface area (Å²) < 4.78 is 11.6. The topological polar surface area (TPSA) is 105 Å². The van der Waals surface area contributed by atoms with Crippen molar-refractivity contribution in [2.75, 3.05) is 18.1 Å². The Morgan fingerprint density at radius 2 is 1.67 bits per heavy atom. The number of unbranched alkanes of at least 4 members (excludes halogenated alkanes) is 5. The number of phenols is 1. The smallest absolute Gasteiger partial charge is 0.335 e. The minimum atomic E-state index is -0.876. The van der Waals surface area contributed by atoms with Gasteiger partial charge in [-0.2, -0.15) is 0 Å². The van der Waals surface area contributed by atoms with Gasteiger partial charge in [0.2, 0.25) is 0 Å². The molecule has 1 aliphatic heterocycles. The van der Waals surface area contributed by atoms with Crippen LogP contribution >= 0.6 is 11.6 Å². The summed E-state index contributed by atoms with van der Waals surface area (Å²) in [6, 6.07) is 7.83. The molecular weight excluding hydrogens is 484 g/mol. The molecule has 2 N–H and O–H groups in total. The highest BCUT2D eigenvalue weighted by atomic mass is 35.5. The average Bonchev–Trinajstić information content (AvgIpc) is 2.84. The number of amides is 4. The van der Waals surface area contributed by atoms with Gasteiger partial charge in [0.15, 0.2) is 11.5 Å². The Hall–Kier alpha value is -3.52. The van der Waals surface area contributed by atoms with E-state index in [0.717, 1.165) is 24.2 Å². The summed E-state index contributed by atoms with van der Waals surface area (Å²) in [5, 5.41) is 12.0. The third-order valence-electron chi connectivity index (χ3n) is 5.60. The van der Waals surface area contributed by atoms with E-state index < -0.39 is 17.8 Å². The van der Waals surface area contributed by atoms with Crippen molar-refractivity contribution in [3.63, 3.8) is 0 Å². The molecule has 0 spiro atoms. The summed E-state index contributed by atoms with van der Waals surface area (Å²) in [4.78, 5) is 38.8. The van der Waals surface area contributed by atoms with Gasteiger partial charge in [-0.15, -0.1) is 0 Å². The van der Waals surface area contributed by atoms with Gasteiger partial charge in [0.05, 0.1) is 23.9 Å². The number of halogens is 1. The van der Waals surface area contributed by atoms with Crippen molar-refractivity contribution in [3.8, 4) is 17.2 Å². The van der Waals surface area contributed by atoms with Crippen LogP contribution in [0.3, 0.4) is 0 Å². The Labute approximate surface area is 215 Å². The van der Waals surface area contributed by atoms with E-state index in [0.29, 0.717) is 30.3 Å². The van der Waals surface area contributed by atoms with E-state index >= 15 is 0 Å². The maximum Gasteiger partial charge on any atom is 0.335 e. The van der Waals surface area contributed by atoms with Crippen LogP contribution in [0.25, 0.3) is 6.08 Å². The number of anilines is 1. The SMILES string of the molecule is CCCCCCCCOc1c(Cl)cc(/C=C2/C(=O)NC(=O)N(c3ccc(O)cc3)C2=O)cc1OCC. The number of phenolic OH excluding ortho intramolecular Hbond substituents is 1. The molecule has 1 heterocycles. The molecule has 0 atom stereocenters. The van der Waals surface area contributed by atoms with Gasteiger partial charge in [0.25, 0.3) is 11.8 Å². The number of hydrogen-bond acceptors (Lipinski definition) is 6. The lowest BCUT2D eigenvalue weighted by Crippen LogP contribution is -2.54. The van der Waals surface area contributed by atoms with Gasteiger partial charge in [0.1, 0.15) is 11.3 Å². The number of carbonyl (C=O) groups is 3. The van der Waals surface area contributed by atoms with Gasteiger partial charge in [-0.05, 0) is 61.4 Å². The molecule has 0 aromatic heterocycles. The molecule has 4 amide bonds. The Morgan fingerprint density at radius 1 is 0.972 bits per heavy atom. The third-order valence-corrected chi connectivity index (χ3v) is 5.88.